The normalized spacial score (nSPS) is 24.5. The van der Waals surface area contributed by atoms with E-state index in [9.17, 15) is 22.6 Å². The molecule has 0 aromatic carbocycles. The predicted molar refractivity (Wildman–Crippen MR) is 119 cm³/mol. The Labute approximate surface area is 187 Å². The van der Waals surface area contributed by atoms with Crippen molar-refractivity contribution in [2.24, 2.45) is 5.92 Å². The van der Waals surface area contributed by atoms with E-state index in [-0.39, 0.29) is 18.1 Å². The molecule has 1 fully saturated rings. The zero-order valence-corrected chi connectivity index (χ0v) is 20.9. The largest absolute Gasteiger partial charge is 0.376 e. The first-order chi connectivity index (χ1) is 14.8. The van der Waals surface area contributed by atoms with E-state index in [0.29, 0.717) is 0 Å². The van der Waals surface area contributed by atoms with Gasteiger partial charge in [0.25, 0.3) is 5.56 Å². The molecule has 0 aliphatic carbocycles. The summed E-state index contributed by atoms with van der Waals surface area (Å²) in [5.41, 5.74) is -1.92. The molecule has 1 N–H and O–H groups in total. The van der Waals surface area contributed by atoms with Crippen molar-refractivity contribution in [3.8, 4) is 0 Å². The van der Waals surface area contributed by atoms with Gasteiger partial charge in [0.05, 0.1) is 24.1 Å². The van der Waals surface area contributed by atoms with Gasteiger partial charge < -0.3 is 18.5 Å². The highest BCUT2D eigenvalue weighted by molar-refractivity contribution is 7.97. The van der Waals surface area contributed by atoms with Gasteiger partial charge in [0.2, 0.25) is 0 Å². The number of ether oxygens (including phenoxy) is 2. The van der Waals surface area contributed by atoms with Crippen molar-refractivity contribution < 1.29 is 31.5 Å². The lowest BCUT2D eigenvalue weighted by Gasteiger charge is -2.23. The Bertz CT molecular complexity index is 1020. The standard InChI is InChI=1S/C19H33N2O9PS/c1-12(2)29-31(24,30-13(3)4)11-32(25,26)10-8-15-14(5)17(27-6)18(28-15)21-9-7-16(22)20-19(21)23/h7,9,12-15,17-18H,8,10-11H2,1-6H3,(H,20,22,23)/t14-,15-,17-,18-/m1/s1. The first-order valence-electron chi connectivity index (χ1n) is 10.4. The second kappa shape index (κ2) is 10.8. The van der Waals surface area contributed by atoms with Crippen molar-refractivity contribution in [2.45, 2.75) is 71.7 Å². The van der Waals surface area contributed by atoms with Crippen molar-refractivity contribution in [1.82, 2.24) is 9.55 Å². The molecular formula is C19H33N2O9PS. The van der Waals surface area contributed by atoms with E-state index in [0.717, 1.165) is 0 Å². The van der Waals surface area contributed by atoms with Crippen LogP contribution in [0.2, 0.25) is 0 Å². The highest BCUT2D eigenvalue weighted by atomic mass is 32.2. The van der Waals surface area contributed by atoms with E-state index >= 15 is 0 Å². The molecule has 1 aliphatic heterocycles. The van der Waals surface area contributed by atoms with Gasteiger partial charge in [-0.3, -0.25) is 18.9 Å². The average molecular weight is 497 g/mol. The maximum atomic E-state index is 13.0. The minimum absolute atomic E-state index is 0.0985. The van der Waals surface area contributed by atoms with Crippen LogP contribution >= 0.6 is 7.60 Å². The van der Waals surface area contributed by atoms with Crippen LogP contribution in [0.1, 0.15) is 47.3 Å². The molecule has 184 valence electrons. The summed E-state index contributed by atoms with van der Waals surface area (Å²) >= 11 is 0. The summed E-state index contributed by atoms with van der Waals surface area (Å²) in [4.78, 5) is 25.7. The van der Waals surface area contributed by atoms with Crippen molar-refractivity contribution in [2.75, 3.05) is 18.4 Å². The van der Waals surface area contributed by atoms with E-state index in [4.69, 9.17) is 18.5 Å². The fourth-order valence-corrected chi connectivity index (χ4v) is 8.55. The summed E-state index contributed by atoms with van der Waals surface area (Å²) in [6.45, 7) is 8.44. The molecule has 0 unspecified atom stereocenters. The molecule has 0 saturated carbocycles. The number of hydrogen-bond acceptors (Lipinski definition) is 9. The molecule has 1 aromatic heterocycles. The molecule has 1 saturated heterocycles. The summed E-state index contributed by atoms with van der Waals surface area (Å²) in [5.74, 6) is -0.553. The third-order valence-corrected chi connectivity index (χ3v) is 10.1. The number of aromatic amines is 1. The van der Waals surface area contributed by atoms with Crippen LogP contribution in [0.25, 0.3) is 0 Å². The lowest BCUT2D eigenvalue weighted by Crippen LogP contribution is -2.36. The van der Waals surface area contributed by atoms with Gasteiger partial charge in [-0.25, -0.2) is 13.2 Å². The lowest BCUT2D eigenvalue weighted by atomic mass is 9.98. The van der Waals surface area contributed by atoms with Gasteiger partial charge in [-0.15, -0.1) is 0 Å². The van der Waals surface area contributed by atoms with Crippen LogP contribution in [0.4, 0.5) is 0 Å². The number of nitrogens with one attached hydrogen (secondary N) is 1. The predicted octanol–water partition coefficient (Wildman–Crippen LogP) is 1.89. The quantitative estimate of drug-likeness (QED) is 0.454. The van der Waals surface area contributed by atoms with Gasteiger partial charge in [-0.1, -0.05) is 6.92 Å². The molecule has 4 atom stereocenters. The molecule has 1 aliphatic rings. The Morgan fingerprint density at radius 3 is 2.28 bits per heavy atom. The number of H-pyrrole nitrogens is 1. The van der Waals surface area contributed by atoms with Crippen molar-refractivity contribution >= 4 is 17.4 Å². The minimum atomic E-state index is -3.85. The molecular weight excluding hydrogens is 463 g/mol. The van der Waals surface area contributed by atoms with Gasteiger partial charge in [-0.2, -0.15) is 0 Å². The maximum Gasteiger partial charge on any atom is 0.346 e. The van der Waals surface area contributed by atoms with E-state index in [1.54, 1.807) is 27.7 Å². The number of rotatable bonds is 11. The maximum absolute atomic E-state index is 13.0. The fourth-order valence-electron chi connectivity index (χ4n) is 3.69. The van der Waals surface area contributed by atoms with E-state index in [2.05, 4.69) is 4.98 Å². The van der Waals surface area contributed by atoms with Crippen molar-refractivity contribution in [3.05, 3.63) is 33.1 Å². The smallest absolute Gasteiger partial charge is 0.346 e. The average Bonchev–Trinajstić information content (AvgIpc) is 2.93. The van der Waals surface area contributed by atoms with Gasteiger partial charge in [-0.05, 0) is 34.1 Å². The topological polar surface area (TPSA) is 143 Å². The highest BCUT2D eigenvalue weighted by Gasteiger charge is 2.44. The summed E-state index contributed by atoms with van der Waals surface area (Å²) in [6, 6.07) is 1.20. The van der Waals surface area contributed by atoms with Crippen molar-refractivity contribution in [1.29, 1.82) is 0 Å². The molecule has 13 heteroatoms. The number of sulfone groups is 1. The Kier molecular flexibility index (Phi) is 9.05. The number of hydrogen-bond donors (Lipinski definition) is 1. The van der Waals surface area contributed by atoms with Crippen LogP contribution in [0.3, 0.4) is 0 Å². The Morgan fingerprint density at radius 1 is 1.19 bits per heavy atom. The minimum Gasteiger partial charge on any atom is -0.376 e. The van der Waals surface area contributed by atoms with Gasteiger partial charge in [0.15, 0.2) is 21.6 Å². The lowest BCUT2D eigenvalue weighted by molar-refractivity contribution is -0.0528. The zero-order valence-electron chi connectivity index (χ0n) is 19.2. The zero-order chi connectivity index (χ0) is 24.3. The highest BCUT2D eigenvalue weighted by Crippen LogP contribution is 2.51. The van der Waals surface area contributed by atoms with E-state index in [1.165, 1.54) is 23.9 Å². The molecule has 2 heterocycles. The van der Waals surface area contributed by atoms with Gasteiger partial charge in [0, 0.05) is 25.3 Å². The van der Waals surface area contributed by atoms with Crippen LogP contribution in [-0.2, 0) is 32.9 Å². The summed E-state index contributed by atoms with van der Waals surface area (Å²) in [7, 11) is -6.19. The Hall–Kier alpha value is -1.30. The molecule has 0 amide bonds. The van der Waals surface area contributed by atoms with Crippen LogP contribution in [0.5, 0.6) is 0 Å². The molecule has 32 heavy (non-hydrogen) atoms. The Morgan fingerprint density at radius 2 is 1.78 bits per heavy atom. The SMILES string of the molecule is CO[C@@H]1[C@H](C)[C@@H](CCS(=O)(=O)CP(=O)(OC(C)C)OC(C)C)O[C@H]1n1ccc(=O)[nH]c1=O. The first kappa shape index (κ1) is 26.9. The molecule has 0 radical (unpaired) electrons. The van der Waals surface area contributed by atoms with E-state index in [1.807, 2.05) is 6.92 Å². The first-order valence-corrected chi connectivity index (χ1v) is 14.0. The van der Waals surface area contributed by atoms with Crippen LogP contribution < -0.4 is 11.2 Å². The van der Waals surface area contributed by atoms with Gasteiger partial charge >= 0.3 is 13.3 Å². The molecule has 0 spiro atoms. The fraction of sp³-hybridized carbons (Fsp3) is 0.789. The third kappa shape index (κ3) is 7.10. The molecule has 1 aromatic rings. The monoisotopic (exact) mass is 496 g/mol. The van der Waals surface area contributed by atoms with Crippen LogP contribution in [-0.4, -0.2) is 60.7 Å². The second-order valence-electron chi connectivity index (χ2n) is 8.43. The van der Waals surface area contributed by atoms with Crippen LogP contribution in [0, 0.1) is 5.92 Å². The summed E-state index contributed by atoms with van der Waals surface area (Å²) in [5, 5.41) is 0. The van der Waals surface area contributed by atoms with Crippen molar-refractivity contribution in [3.63, 3.8) is 0 Å². The summed E-state index contributed by atoms with van der Waals surface area (Å²) < 4.78 is 61.8. The number of nitrogens with zero attached hydrogens (tertiary/aromatic N) is 1. The third-order valence-electron chi connectivity index (χ3n) is 4.91. The van der Waals surface area contributed by atoms with Crippen LogP contribution in [0.15, 0.2) is 21.9 Å². The molecule has 2 rings (SSSR count). The second-order valence-corrected chi connectivity index (χ2v) is 13.0. The number of aromatic nitrogens is 2. The van der Waals surface area contributed by atoms with Gasteiger partial charge in [0.1, 0.15) is 6.10 Å². The molecule has 11 nitrogen and oxygen atoms in total. The molecule has 0 bridgehead atoms. The van der Waals surface area contributed by atoms with E-state index < -0.39 is 64.8 Å². The Balaban J connectivity index is 2.13. The number of methoxy groups -OCH3 is 1. The summed E-state index contributed by atoms with van der Waals surface area (Å²) in [6.07, 6.45) is -1.43.